The predicted molar refractivity (Wildman–Crippen MR) is 139 cm³/mol. The van der Waals surface area contributed by atoms with Crippen LogP contribution >= 0.6 is 0 Å². The van der Waals surface area contributed by atoms with Crippen LogP contribution in [0.15, 0.2) is 23.1 Å². The number of hydrogen-bond donors (Lipinski definition) is 1. The fourth-order valence-corrected chi connectivity index (χ4v) is 3.70. The minimum absolute atomic E-state index is 0.188. The van der Waals surface area contributed by atoms with Crippen molar-refractivity contribution in [1.29, 1.82) is 0 Å². The Bertz CT molecular complexity index is 756. The summed E-state index contributed by atoms with van der Waals surface area (Å²) in [4.78, 5) is -0.269. The lowest BCUT2D eigenvalue weighted by Crippen LogP contribution is -2.13. The zero-order valence-electron chi connectivity index (χ0n) is 22.1. The van der Waals surface area contributed by atoms with Crippen LogP contribution in [0, 0.1) is 0 Å². The first-order chi connectivity index (χ1) is 17.5. The van der Waals surface area contributed by atoms with Gasteiger partial charge in [0.05, 0.1) is 44.5 Å². The third-order valence-electron chi connectivity index (χ3n) is 5.21. The van der Waals surface area contributed by atoms with Crippen LogP contribution in [0.1, 0.15) is 65.2 Å². The first kappa shape index (κ1) is 32.6. The van der Waals surface area contributed by atoms with Crippen LogP contribution in [0.2, 0.25) is 0 Å². The van der Waals surface area contributed by atoms with Crippen molar-refractivity contribution in [3.05, 3.63) is 18.2 Å². The van der Waals surface area contributed by atoms with Crippen molar-refractivity contribution < 1.29 is 41.4 Å². The van der Waals surface area contributed by atoms with E-state index in [9.17, 15) is 13.0 Å². The molecule has 0 aliphatic carbocycles. The van der Waals surface area contributed by atoms with Gasteiger partial charge < -0.3 is 28.4 Å². The highest BCUT2D eigenvalue weighted by Crippen LogP contribution is 2.30. The van der Waals surface area contributed by atoms with E-state index in [1.54, 1.807) is 0 Å². The minimum atomic E-state index is -4.36. The monoisotopic (exact) mass is 534 g/mol. The average molecular weight is 535 g/mol. The lowest BCUT2D eigenvalue weighted by atomic mass is 10.2. The summed E-state index contributed by atoms with van der Waals surface area (Å²) in [6, 6.07) is 3.95. The fourth-order valence-electron chi connectivity index (χ4n) is 3.21. The summed E-state index contributed by atoms with van der Waals surface area (Å²) >= 11 is 0. The Hall–Kier alpha value is -1.43. The van der Waals surface area contributed by atoms with Crippen molar-refractivity contribution in [2.45, 2.75) is 70.1 Å². The quantitative estimate of drug-likeness (QED) is 0.138. The SMILES string of the molecule is CCCCCCOCCOCCOc1ccc(S(=O)(=O)O)cc1OCCOCCOCCCCCC. The Morgan fingerprint density at radius 1 is 0.583 bits per heavy atom. The molecule has 0 saturated heterocycles. The van der Waals surface area contributed by atoms with E-state index in [1.807, 2.05) is 0 Å². The third kappa shape index (κ3) is 17.1. The first-order valence-electron chi connectivity index (χ1n) is 13.2. The largest absolute Gasteiger partial charge is 0.487 e. The second-order valence-corrected chi connectivity index (χ2v) is 9.77. The zero-order chi connectivity index (χ0) is 26.3. The molecule has 0 amide bonds. The molecule has 0 radical (unpaired) electrons. The molecule has 0 atom stereocenters. The van der Waals surface area contributed by atoms with Crippen molar-refractivity contribution in [1.82, 2.24) is 0 Å². The van der Waals surface area contributed by atoms with Crippen LogP contribution in [0.25, 0.3) is 0 Å². The van der Waals surface area contributed by atoms with E-state index in [0.29, 0.717) is 45.4 Å². The fraction of sp³-hybridized carbons (Fsp3) is 0.769. The number of ether oxygens (including phenoxy) is 6. The van der Waals surface area contributed by atoms with Crippen molar-refractivity contribution >= 4 is 10.1 Å². The highest BCUT2D eigenvalue weighted by atomic mass is 32.2. The van der Waals surface area contributed by atoms with Crippen LogP contribution in [0.5, 0.6) is 11.5 Å². The molecule has 210 valence electrons. The second kappa shape index (κ2) is 21.6. The van der Waals surface area contributed by atoms with Gasteiger partial charge in [0.1, 0.15) is 13.2 Å². The predicted octanol–water partition coefficient (Wildman–Crippen LogP) is 4.92. The molecule has 0 heterocycles. The standard InChI is InChI=1S/C26H46O9S/c1-3-5-7-9-13-30-15-17-32-19-21-34-25-12-11-24(36(27,28)29)23-26(25)35-22-20-33-18-16-31-14-10-8-6-4-2/h11-12,23H,3-10,13-22H2,1-2H3,(H,27,28,29). The highest BCUT2D eigenvalue weighted by molar-refractivity contribution is 7.85. The Morgan fingerprint density at radius 3 is 1.50 bits per heavy atom. The van der Waals surface area contributed by atoms with Crippen molar-refractivity contribution in [3.63, 3.8) is 0 Å². The second-order valence-electron chi connectivity index (χ2n) is 8.35. The molecule has 0 unspecified atom stereocenters. The summed E-state index contributed by atoms with van der Waals surface area (Å²) in [5, 5.41) is 0. The molecule has 10 heteroatoms. The van der Waals surface area contributed by atoms with Crippen LogP contribution in [-0.4, -0.2) is 79.0 Å². The molecule has 0 spiro atoms. The molecular formula is C26H46O9S. The number of unbranched alkanes of at least 4 members (excludes halogenated alkanes) is 6. The maximum atomic E-state index is 11.5. The molecular weight excluding hydrogens is 488 g/mol. The summed E-state index contributed by atoms with van der Waals surface area (Å²) in [6.07, 6.45) is 9.35. The Kier molecular flexibility index (Phi) is 19.6. The van der Waals surface area contributed by atoms with Crippen molar-refractivity contribution in [2.24, 2.45) is 0 Å². The van der Waals surface area contributed by atoms with Gasteiger partial charge in [0.15, 0.2) is 11.5 Å². The molecule has 0 aliphatic heterocycles. The number of rotatable bonds is 25. The molecule has 1 N–H and O–H groups in total. The van der Waals surface area contributed by atoms with Gasteiger partial charge in [0, 0.05) is 19.3 Å². The third-order valence-corrected chi connectivity index (χ3v) is 6.06. The van der Waals surface area contributed by atoms with E-state index in [-0.39, 0.29) is 23.9 Å². The lowest BCUT2D eigenvalue weighted by molar-refractivity contribution is 0.0320. The molecule has 1 aromatic rings. The first-order valence-corrected chi connectivity index (χ1v) is 14.6. The number of hydrogen-bond acceptors (Lipinski definition) is 8. The maximum Gasteiger partial charge on any atom is 0.294 e. The van der Waals surface area contributed by atoms with Gasteiger partial charge in [-0.3, -0.25) is 4.55 Å². The van der Waals surface area contributed by atoms with E-state index in [1.165, 1.54) is 56.7 Å². The van der Waals surface area contributed by atoms with Gasteiger partial charge in [0.2, 0.25) is 0 Å². The van der Waals surface area contributed by atoms with Gasteiger partial charge >= 0.3 is 0 Å². The molecule has 0 fully saturated rings. The zero-order valence-corrected chi connectivity index (χ0v) is 22.9. The van der Waals surface area contributed by atoms with E-state index in [2.05, 4.69) is 13.8 Å². The molecule has 0 bridgehead atoms. The highest BCUT2D eigenvalue weighted by Gasteiger charge is 2.15. The molecule has 0 saturated carbocycles. The minimum Gasteiger partial charge on any atom is -0.487 e. The van der Waals surface area contributed by atoms with Gasteiger partial charge in [-0.1, -0.05) is 52.4 Å². The summed E-state index contributed by atoms with van der Waals surface area (Å²) < 4.78 is 65.8. The summed E-state index contributed by atoms with van der Waals surface area (Å²) in [5.41, 5.74) is 0. The molecule has 1 aromatic carbocycles. The molecule has 1 rings (SSSR count). The smallest absolute Gasteiger partial charge is 0.294 e. The van der Waals surface area contributed by atoms with E-state index < -0.39 is 10.1 Å². The van der Waals surface area contributed by atoms with Crippen LogP contribution in [0.3, 0.4) is 0 Å². The Labute approximate surface area is 217 Å². The lowest BCUT2D eigenvalue weighted by Gasteiger charge is -2.14. The Morgan fingerprint density at radius 2 is 1.03 bits per heavy atom. The molecule has 36 heavy (non-hydrogen) atoms. The van der Waals surface area contributed by atoms with E-state index >= 15 is 0 Å². The van der Waals surface area contributed by atoms with E-state index in [0.717, 1.165) is 26.1 Å². The van der Waals surface area contributed by atoms with Gasteiger partial charge in [-0.2, -0.15) is 8.42 Å². The maximum absolute atomic E-state index is 11.5. The topological polar surface area (TPSA) is 110 Å². The van der Waals surface area contributed by atoms with Gasteiger partial charge in [-0.15, -0.1) is 0 Å². The van der Waals surface area contributed by atoms with Crippen molar-refractivity contribution in [2.75, 3.05) is 66.1 Å². The Balaban J connectivity index is 2.29. The van der Waals surface area contributed by atoms with Crippen LogP contribution in [-0.2, 0) is 29.1 Å². The normalized spacial score (nSPS) is 11.6. The molecule has 9 nitrogen and oxygen atoms in total. The average Bonchev–Trinajstić information content (AvgIpc) is 2.85. The van der Waals surface area contributed by atoms with Gasteiger partial charge in [-0.05, 0) is 25.0 Å². The van der Waals surface area contributed by atoms with Crippen LogP contribution < -0.4 is 9.47 Å². The summed E-state index contributed by atoms with van der Waals surface area (Å²) in [7, 11) is -4.36. The number of benzene rings is 1. The van der Waals surface area contributed by atoms with Gasteiger partial charge in [-0.25, -0.2) is 0 Å². The summed E-state index contributed by atoms with van der Waals surface area (Å²) in [6.45, 7) is 8.90. The van der Waals surface area contributed by atoms with Crippen LogP contribution in [0.4, 0.5) is 0 Å². The van der Waals surface area contributed by atoms with Crippen molar-refractivity contribution in [3.8, 4) is 11.5 Å². The van der Waals surface area contributed by atoms with E-state index in [4.69, 9.17) is 28.4 Å². The molecule has 0 aliphatic rings. The van der Waals surface area contributed by atoms with Gasteiger partial charge in [0.25, 0.3) is 10.1 Å². The molecule has 0 aromatic heterocycles. The summed E-state index contributed by atoms with van der Waals surface area (Å²) in [5.74, 6) is 0.560.